The molecular formula is C16H16FN3O2S. The van der Waals surface area contributed by atoms with Crippen LogP contribution in [0, 0.1) is 11.7 Å². The van der Waals surface area contributed by atoms with Crippen LogP contribution < -0.4 is 5.32 Å². The number of aromatic nitrogens is 1. The highest BCUT2D eigenvalue weighted by atomic mass is 32.1. The molecule has 1 heterocycles. The highest BCUT2D eigenvalue weighted by molar-refractivity contribution is 7.13. The summed E-state index contributed by atoms with van der Waals surface area (Å²) in [5, 5.41) is 4.95. The fraction of sp³-hybridized carbons (Fsp3) is 0.312. The Labute approximate surface area is 137 Å². The number of anilines is 1. The fourth-order valence-corrected chi connectivity index (χ4v) is 2.77. The van der Waals surface area contributed by atoms with Gasteiger partial charge in [0.15, 0.2) is 5.13 Å². The van der Waals surface area contributed by atoms with Gasteiger partial charge in [0.1, 0.15) is 12.4 Å². The molecule has 2 aromatic rings. The van der Waals surface area contributed by atoms with Crippen molar-refractivity contribution in [3.05, 3.63) is 47.2 Å². The summed E-state index contributed by atoms with van der Waals surface area (Å²) >= 11 is 1.32. The molecule has 3 rings (SSSR count). The van der Waals surface area contributed by atoms with Crippen molar-refractivity contribution in [3.63, 3.8) is 0 Å². The summed E-state index contributed by atoms with van der Waals surface area (Å²) < 4.78 is 13.0. The van der Waals surface area contributed by atoms with Crippen molar-refractivity contribution in [1.82, 2.24) is 9.88 Å². The first-order chi connectivity index (χ1) is 11.1. The van der Waals surface area contributed by atoms with Crippen LogP contribution in [0.1, 0.15) is 23.2 Å². The molecule has 120 valence electrons. The zero-order chi connectivity index (χ0) is 16.2. The quantitative estimate of drug-likeness (QED) is 0.884. The number of amides is 2. The third-order valence-corrected chi connectivity index (χ3v) is 4.26. The minimum Gasteiger partial charge on any atom is -0.329 e. The van der Waals surface area contributed by atoms with Crippen molar-refractivity contribution in [1.29, 1.82) is 0 Å². The number of hydrogen-bond donors (Lipinski definition) is 1. The summed E-state index contributed by atoms with van der Waals surface area (Å²) in [6.45, 7) is 0.508. The molecule has 0 unspecified atom stereocenters. The number of benzene rings is 1. The summed E-state index contributed by atoms with van der Waals surface area (Å²) in [4.78, 5) is 30.2. The minimum atomic E-state index is -0.392. The van der Waals surface area contributed by atoms with Crippen molar-refractivity contribution >= 4 is 28.3 Å². The van der Waals surface area contributed by atoms with E-state index in [1.807, 2.05) is 0 Å². The van der Waals surface area contributed by atoms with Gasteiger partial charge in [-0.05, 0) is 43.0 Å². The van der Waals surface area contributed by atoms with Gasteiger partial charge in [-0.2, -0.15) is 0 Å². The molecule has 1 aromatic heterocycles. The zero-order valence-corrected chi connectivity index (χ0v) is 13.2. The van der Waals surface area contributed by atoms with E-state index >= 15 is 0 Å². The predicted molar refractivity (Wildman–Crippen MR) is 85.8 cm³/mol. The Kier molecular flexibility index (Phi) is 4.66. The van der Waals surface area contributed by atoms with E-state index in [9.17, 15) is 14.0 Å². The van der Waals surface area contributed by atoms with Crippen molar-refractivity contribution < 1.29 is 14.0 Å². The van der Waals surface area contributed by atoms with Crippen LogP contribution in [0.4, 0.5) is 9.52 Å². The van der Waals surface area contributed by atoms with Gasteiger partial charge >= 0.3 is 0 Å². The van der Waals surface area contributed by atoms with Gasteiger partial charge < -0.3 is 10.2 Å². The highest BCUT2D eigenvalue weighted by Crippen LogP contribution is 2.30. The molecular weight excluding hydrogens is 317 g/mol. The summed E-state index contributed by atoms with van der Waals surface area (Å²) in [7, 11) is 0. The Morgan fingerprint density at radius 3 is 2.65 bits per heavy atom. The van der Waals surface area contributed by atoms with Crippen LogP contribution in [0.25, 0.3) is 0 Å². The van der Waals surface area contributed by atoms with Crippen molar-refractivity contribution in [2.45, 2.75) is 12.8 Å². The number of nitrogens with zero attached hydrogens (tertiary/aromatic N) is 2. The lowest BCUT2D eigenvalue weighted by molar-refractivity contribution is -0.116. The average molecular weight is 333 g/mol. The van der Waals surface area contributed by atoms with Crippen molar-refractivity contribution in [2.24, 2.45) is 5.92 Å². The topological polar surface area (TPSA) is 62.3 Å². The summed E-state index contributed by atoms with van der Waals surface area (Å²) in [5.41, 5.74) is 0.383. The largest absolute Gasteiger partial charge is 0.329 e. The lowest BCUT2D eigenvalue weighted by atomic mass is 10.2. The van der Waals surface area contributed by atoms with Crippen LogP contribution in [0.2, 0.25) is 0 Å². The van der Waals surface area contributed by atoms with Gasteiger partial charge in [0.25, 0.3) is 5.91 Å². The van der Waals surface area contributed by atoms with Gasteiger partial charge in [0.05, 0.1) is 0 Å². The molecule has 0 atom stereocenters. The molecule has 1 aromatic carbocycles. The van der Waals surface area contributed by atoms with E-state index in [0.29, 0.717) is 23.2 Å². The molecule has 0 aliphatic heterocycles. The summed E-state index contributed by atoms with van der Waals surface area (Å²) in [6.07, 6.45) is 3.74. The molecule has 1 saturated carbocycles. The Morgan fingerprint density at radius 2 is 2.04 bits per heavy atom. The average Bonchev–Trinajstić information content (AvgIpc) is 3.21. The van der Waals surface area contributed by atoms with Crippen LogP contribution >= 0.6 is 11.3 Å². The fourth-order valence-electron chi connectivity index (χ4n) is 2.22. The van der Waals surface area contributed by atoms with Crippen molar-refractivity contribution in [2.75, 3.05) is 18.4 Å². The second kappa shape index (κ2) is 6.87. The maximum atomic E-state index is 13.0. The molecule has 1 fully saturated rings. The third-order valence-electron chi connectivity index (χ3n) is 3.57. The van der Waals surface area contributed by atoms with Gasteiger partial charge in [0.2, 0.25) is 5.91 Å². The van der Waals surface area contributed by atoms with Crippen molar-refractivity contribution in [3.8, 4) is 0 Å². The second-order valence-corrected chi connectivity index (χ2v) is 6.42. The molecule has 7 heteroatoms. The molecule has 0 saturated heterocycles. The molecule has 0 spiro atoms. The van der Waals surface area contributed by atoms with Crippen LogP contribution in [0.15, 0.2) is 35.8 Å². The van der Waals surface area contributed by atoms with E-state index in [4.69, 9.17) is 0 Å². The number of carbonyl (C=O) groups excluding carboxylic acids is 2. The van der Waals surface area contributed by atoms with Crippen LogP contribution in [-0.4, -0.2) is 34.8 Å². The van der Waals surface area contributed by atoms with Gasteiger partial charge in [-0.25, -0.2) is 9.37 Å². The van der Waals surface area contributed by atoms with E-state index in [1.54, 1.807) is 11.6 Å². The van der Waals surface area contributed by atoms with E-state index in [-0.39, 0.29) is 18.4 Å². The molecule has 1 aliphatic carbocycles. The normalized spacial score (nSPS) is 13.6. The maximum Gasteiger partial charge on any atom is 0.254 e. The minimum absolute atomic E-state index is 0.0354. The molecule has 0 bridgehead atoms. The van der Waals surface area contributed by atoms with Gasteiger partial charge in [-0.3, -0.25) is 9.59 Å². The number of rotatable bonds is 6. The molecule has 2 amide bonds. The van der Waals surface area contributed by atoms with E-state index in [2.05, 4.69) is 10.3 Å². The molecule has 1 aliphatic rings. The molecule has 5 nitrogen and oxygen atoms in total. The monoisotopic (exact) mass is 333 g/mol. The lowest BCUT2D eigenvalue weighted by Crippen LogP contribution is -2.39. The summed E-state index contributed by atoms with van der Waals surface area (Å²) in [5.74, 6) is -0.480. The number of hydrogen-bond acceptors (Lipinski definition) is 4. The van der Waals surface area contributed by atoms with Crippen LogP contribution in [0.5, 0.6) is 0 Å². The zero-order valence-electron chi connectivity index (χ0n) is 12.4. The van der Waals surface area contributed by atoms with E-state index in [0.717, 1.165) is 12.8 Å². The first kappa shape index (κ1) is 15.6. The summed E-state index contributed by atoms with van der Waals surface area (Å²) in [6, 6.07) is 5.38. The lowest BCUT2D eigenvalue weighted by Gasteiger charge is -2.22. The van der Waals surface area contributed by atoms with Gasteiger partial charge in [-0.15, -0.1) is 11.3 Å². The van der Waals surface area contributed by atoms with E-state index < -0.39 is 5.82 Å². The smallest absolute Gasteiger partial charge is 0.254 e. The molecule has 0 radical (unpaired) electrons. The molecule has 1 N–H and O–H groups in total. The molecule has 23 heavy (non-hydrogen) atoms. The van der Waals surface area contributed by atoms with Crippen LogP contribution in [-0.2, 0) is 4.79 Å². The Morgan fingerprint density at radius 1 is 1.30 bits per heavy atom. The number of nitrogens with one attached hydrogen (secondary N) is 1. The number of halogens is 1. The van der Waals surface area contributed by atoms with E-state index in [1.165, 1.54) is 40.5 Å². The highest BCUT2D eigenvalue weighted by Gasteiger charge is 2.28. The Balaban J connectivity index is 1.67. The Bertz CT molecular complexity index is 684. The standard InChI is InChI=1S/C16H16FN3O2S/c17-13-5-3-12(4-6-13)15(22)20(9-11-1-2-11)10-14(21)19-16-18-7-8-23-16/h3-8,11H,1-2,9-10H2,(H,18,19,21). The number of thiazole rings is 1. The van der Waals surface area contributed by atoms with Gasteiger partial charge in [0, 0.05) is 23.7 Å². The first-order valence-electron chi connectivity index (χ1n) is 7.36. The SMILES string of the molecule is O=C(CN(CC1CC1)C(=O)c1ccc(F)cc1)Nc1nccs1. The third kappa shape index (κ3) is 4.35. The first-order valence-corrected chi connectivity index (χ1v) is 8.24. The maximum absolute atomic E-state index is 13.0. The van der Waals surface area contributed by atoms with Gasteiger partial charge in [-0.1, -0.05) is 0 Å². The van der Waals surface area contributed by atoms with Crippen LogP contribution in [0.3, 0.4) is 0 Å². The second-order valence-electron chi connectivity index (χ2n) is 5.52. The predicted octanol–water partition coefficient (Wildman–Crippen LogP) is 2.77. The number of carbonyl (C=O) groups is 2. The Hall–Kier alpha value is -2.28.